The maximum absolute atomic E-state index is 5.75. The Hall–Kier alpha value is -8.71. The molecular weight excluding hydrogens is 1120 g/mol. The van der Waals surface area contributed by atoms with Crippen LogP contribution in [0.3, 0.4) is 0 Å². The second-order valence-corrected chi connectivity index (χ2v) is 32.1. The van der Waals surface area contributed by atoms with Gasteiger partial charge in [-0.1, -0.05) is 261 Å². The standard InChI is InChI=1S/C85H81BN4S/c1-80(2,3)54-28-24-27-52(45-54)53-41-44-74-67(46-53)86-66-43-42-57(89-70-37-22-20-33-64(70)85(65-34-21-23-38-71(65)89)62-31-18-16-29-58(62)59-30-17-19-32-63(59)85)51-72(66)90(73-49-56(82(7,8)9)50-75(91-74)78(73)86)79-60(68-35-25-39-76(87-68)83(10,11)12)47-55(81(4,5)6)48-61(79)69-36-26-40-77(88-69)84(13,14)15/h16-51H,1-15H3. The van der Waals surface area contributed by atoms with Crippen molar-refractivity contribution in [1.29, 1.82) is 0 Å². The number of hydrogen-bond donors (Lipinski definition) is 0. The van der Waals surface area contributed by atoms with Crippen molar-refractivity contribution in [2.75, 3.05) is 9.80 Å². The largest absolute Gasteiger partial charge is 0.310 e. The van der Waals surface area contributed by atoms with Crippen molar-refractivity contribution in [3.05, 3.63) is 269 Å². The second kappa shape index (κ2) is 20.7. The van der Waals surface area contributed by atoms with Crippen molar-refractivity contribution in [1.82, 2.24) is 9.97 Å². The molecule has 15 rings (SSSR count). The van der Waals surface area contributed by atoms with Gasteiger partial charge in [-0.05, 0) is 167 Å². The lowest BCUT2D eigenvalue weighted by Gasteiger charge is -2.46. The summed E-state index contributed by atoms with van der Waals surface area (Å²) >= 11 is 1.93. The Morgan fingerprint density at radius 2 is 0.846 bits per heavy atom. The Kier molecular flexibility index (Phi) is 13.3. The normalized spacial score (nSPS) is 14.5. The van der Waals surface area contributed by atoms with Crippen LogP contribution in [0.1, 0.15) is 154 Å². The molecule has 91 heavy (non-hydrogen) atoms. The Bertz CT molecular complexity index is 4630. The zero-order valence-electron chi connectivity index (χ0n) is 55.6. The fourth-order valence-corrected chi connectivity index (χ4v) is 16.1. The average Bonchev–Trinajstić information content (AvgIpc) is 1.65. The molecule has 0 fully saturated rings. The second-order valence-electron chi connectivity index (χ2n) is 31.1. The third-order valence-electron chi connectivity index (χ3n) is 19.8. The molecule has 0 saturated carbocycles. The van der Waals surface area contributed by atoms with E-state index in [0.29, 0.717) is 0 Å². The fourth-order valence-electron chi connectivity index (χ4n) is 14.9. The molecule has 4 nitrogen and oxygen atoms in total. The minimum Gasteiger partial charge on any atom is -0.310 e. The molecule has 3 aliphatic heterocycles. The molecule has 5 heterocycles. The van der Waals surface area contributed by atoms with Crippen LogP contribution in [0.4, 0.5) is 34.1 Å². The quantitative estimate of drug-likeness (QED) is 0.160. The monoisotopic (exact) mass is 1200 g/mol. The summed E-state index contributed by atoms with van der Waals surface area (Å²) in [6, 6.07) is 84.0. The van der Waals surface area contributed by atoms with Crippen LogP contribution in [-0.2, 0) is 32.5 Å². The molecule has 0 N–H and O–H groups in total. The van der Waals surface area contributed by atoms with E-state index in [1.807, 2.05) is 11.8 Å². The summed E-state index contributed by atoms with van der Waals surface area (Å²) < 4.78 is 0. The van der Waals surface area contributed by atoms with Gasteiger partial charge in [0.15, 0.2) is 0 Å². The van der Waals surface area contributed by atoms with E-state index in [0.717, 1.165) is 62.3 Å². The van der Waals surface area contributed by atoms with E-state index in [1.54, 1.807) is 0 Å². The predicted octanol–water partition coefficient (Wildman–Crippen LogP) is 20.9. The van der Waals surface area contributed by atoms with Gasteiger partial charge in [-0.3, -0.25) is 9.97 Å². The molecule has 0 unspecified atom stereocenters. The maximum atomic E-state index is 5.75. The van der Waals surface area contributed by atoms with Gasteiger partial charge in [0.2, 0.25) is 6.71 Å². The Morgan fingerprint density at radius 1 is 0.341 bits per heavy atom. The van der Waals surface area contributed by atoms with Crippen LogP contribution < -0.4 is 26.2 Å². The lowest BCUT2D eigenvalue weighted by atomic mass is 9.34. The molecule has 9 aromatic carbocycles. The van der Waals surface area contributed by atoms with Gasteiger partial charge in [0.05, 0.1) is 33.9 Å². The van der Waals surface area contributed by atoms with Gasteiger partial charge in [0, 0.05) is 60.2 Å². The highest BCUT2D eigenvalue weighted by Crippen LogP contribution is 2.64. The fraction of sp³-hybridized carbons (Fsp3) is 0.247. The van der Waals surface area contributed by atoms with Gasteiger partial charge >= 0.3 is 0 Å². The van der Waals surface area contributed by atoms with Crippen LogP contribution in [0.25, 0.3) is 44.8 Å². The van der Waals surface area contributed by atoms with Gasteiger partial charge in [-0.2, -0.15) is 0 Å². The van der Waals surface area contributed by atoms with E-state index < -0.39 is 5.41 Å². The van der Waals surface area contributed by atoms with Gasteiger partial charge in [-0.25, -0.2) is 0 Å². The number of para-hydroxylation sites is 2. The van der Waals surface area contributed by atoms with Crippen LogP contribution >= 0.6 is 11.8 Å². The number of hydrogen-bond acceptors (Lipinski definition) is 5. The summed E-state index contributed by atoms with van der Waals surface area (Å²) in [5.74, 6) is 0. The lowest BCUT2D eigenvalue weighted by Crippen LogP contribution is -2.60. The van der Waals surface area contributed by atoms with Crippen molar-refractivity contribution in [2.24, 2.45) is 0 Å². The summed E-state index contributed by atoms with van der Waals surface area (Å²) in [7, 11) is 0. The van der Waals surface area contributed by atoms with E-state index in [4.69, 9.17) is 9.97 Å². The molecule has 0 saturated heterocycles. The smallest absolute Gasteiger partial charge is 0.249 e. The summed E-state index contributed by atoms with van der Waals surface area (Å²) in [5.41, 5.74) is 29.4. The highest BCUT2D eigenvalue weighted by atomic mass is 32.2. The molecule has 6 heteroatoms. The summed E-state index contributed by atoms with van der Waals surface area (Å²) in [4.78, 5) is 19.3. The molecule has 0 radical (unpaired) electrons. The Balaban J connectivity index is 1.08. The van der Waals surface area contributed by atoms with Crippen LogP contribution in [0.5, 0.6) is 0 Å². The van der Waals surface area contributed by atoms with Crippen LogP contribution in [0.15, 0.2) is 228 Å². The predicted molar refractivity (Wildman–Crippen MR) is 387 cm³/mol. The van der Waals surface area contributed by atoms with Crippen molar-refractivity contribution >= 4 is 69.0 Å². The molecule has 0 atom stereocenters. The molecule has 0 amide bonds. The summed E-state index contributed by atoms with van der Waals surface area (Å²) in [6.07, 6.45) is 0. The van der Waals surface area contributed by atoms with Crippen LogP contribution in [0.2, 0.25) is 0 Å². The van der Waals surface area contributed by atoms with Gasteiger partial charge in [-0.15, -0.1) is 0 Å². The van der Waals surface area contributed by atoms with Gasteiger partial charge in [0.1, 0.15) is 0 Å². The summed E-state index contributed by atoms with van der Waals surface area (Å²) in [5, 5.41) is 0. The Morgan fingerprint density at radius 3 is 1.40 bits per heavy atom. The maximum Gasteiger partial charge on any atom is 0.249 e. The van der Waals surface area contributed by atoms with Crippen LogP contribution in [0, 0.1) is 0 Å². The molecule has 4 aliphatic rings. The van der Waals surface area contributed by atoms with Crippen molar-refractivity contribution in [3.8, 4) is 44.8 Å². The Labute approximate surface area is 545 Å². The van der Waals surface area contributed by atoms with Gasteiger partial charge < -0.3 is 9.80 Å². The zero-order chi connectivity index (χ0) is 63.5. The molecule has 450 valence electrons. The molecule has 1 spiro atoms. The summed E-state index contributed by atoms with van der Waals surface area (Å²) in [6.45, 7) is 34.6. The molecule has 0 bridgehead atoms. The SMILES string of the molecule is CC(C)(C)c1cccc(-c2ccc3c(c2)B2c4ccc(N5c6ccccc6C6(c7ccccc7-c7ccccc76)c6ccccc65)cc4N(c4c(-c5cccc(C(C)(C)C)n5)cc(C(C)(C)C)cc4-c4cccc(C(C)(C)C)n4)c4cc(C(C)(C)C)cc(c42)S3)c1. The van der Waals surface area contributed by atoms with Crippen molar-refractivity contribution < 1.29 is 0 Å². The first-order valence-electron chi connectivity index (χ1n) is 32.7. The lowest BCUT2D eigenvalue weighted by molar-refractivity contribution is 0.569. The number of aromatic nitrogens is 2. The van der Waals surface area contributed by atoms with E-state index in [-0.39, 0.29) is 33.8 Å². The minimum atomic E-state index is -0.550. The van der Waals surface area contributed by atoms with E-state index in [1.165, 1.54) is 93.1 Å². The minimum absolute atomic E-state index is 0.000150. The molecule has 11 aromatic rings. The molecule has 1 aliphatic carbocycles. The highest BCUT2D eigenvalue weighted by molar-refractivity contribution is 8.00. The van der Waals surface area contributed by atoms with Crippen molar-refractivity contribution in [3.63, 3.8) is 0 Å². The third kappa shape index (κ3) is 9.39. The number of rotatable bonds is 5. The highest BCUT2D eigenvalue weighted by Gasteiger charge is 2.52. The number of pyridine rings is 2. The first-order chi connectivity index (χ1) is 43.3. The van der Waals surface area contributed by atoms with E-state index in [9.17, 15) is 0 Å². The topological polar surface area (TPSA) is 32.3 Å². The molecular formula is C85H81BN4S. The molecule has 2 aromatic heterocycles. The van der Waals surface area contributed by atoms with E-state index in [2.05, 4.69) is 332 Å². The average molecular weight is 1200 g/mol. The first kappa shape index (κ1) is 58.7. The first-order valence-corrected chi connectivity index (χ1v) is 33.5. The number of fused-ring (bicyclic) bond motifs is 13. The zero-order valence-corrected chi connectivity index (χ0v) is 56.4. The number of nitrogens with zero attached hydrogens (tertiary/aromatic N) is 4. The third-order valence-corrected chi connectivity index (χ3v) is 20.9. The van der Waals surface area contributed by atoms with Crippen molar-refractivity contribution in [2.45, 2.75) is 146 Å². The number of benzene rings is 9. The van der Waals surface area contributed by atoms with Gasteiger partial charge in [0.25, 0.3) is 0 Å². The van der Waals surface area contributed by atoms with E-state index >= 15 is 0 Å². The van der Waals surface area contributed by atoms with Crippen LogP contribution in [-0.4, -0.2) is 16.7 Å². The number of anilines is 6.